The van der Waals surface area contributed by atoms with Gasteiger partial charge in [-0.1, -0.05) is 6.08 Å². The lowest BCUT2D eigenvalue weighted by Gasteiger charge is -2.25. The second-order valence-corrected chi connectivity index (χ2v) is 3.78. The van der Waals surface area contributed by atoms with E-state index in [0.29, 0.717) is 6.54 Å². The fourth-order valence-electron chi connectivity index (χ4n) is 1.60. The molecule has 0 radical (unpaired) electrons. The van der Waals surface area contributed by atoms with E-state index in [-0.39, 0.29) is 18.1 Å². The van der Waals surface area contributed by atoms with Crippen LogP contribution in [0.15, 0.2) is 12.7 Å². The van der Waals surface area contributed by atoms with E-state index in [1.165, 1.54) is 0 Å². The first kappa shape index (κ1) is 12.2. The largest absolute Gasteiger partial charge is 0.364 e. The van der Waals surface area contributed by atoms with Crippen LogP contribution in [0.5, 0.6) is 0 Å². The minimum Gasteiger partial charge on any atom is -0.364 e. The molecule has 0 aliphatic carbocycles. The van der Waals surface area contributed by atoms with Crippen molar-refractivity contribution < 1.29 is 9.53 Å². The third kappa shape index (κ3) is 4.44. The van der Waals surface area contributed by atoms with E-state index in [1.807, 2.05) is 0 Å². The monoisotopic (exact) mass is 212 g/mol. The molecule has 4 nitrogen and oxygen atoms in total. The molecule has 2 N–H and O–H groups in total. The highest BCUT2D eigenvalue weighted by Gasteiger charge is 2.20. The second kappa shape index (κ2) is 6.58. The molecule has 1 amide bonds. The topological polar surface area (TPSA) is 50.4 Å². The minimum atomic E-state index is -0.380. The van der Waals surface area contributed by atoms with Crippen LogP contribution in [-0.4, -0.2) is 37.7 Å². The summed E-state index contributed by atoms with van der Waals surface area (Å²) in [6.45, 7) is 7.72. The Labute approximate surface area is 91.1 Å². The van der Waals surface area contributed by atoms with Crippen molar-refractivity contribution in [1.82, 2.24) is 10.6 Å². The molecule has 1 aliphatic rings. The molecule has 2 atom stereocenters. The lowest BCUT2D eigenvalue weighted by molar-refractivity contribution is -0.135. The Morgan fingerprint density at radius 2 is 2.60 bits per heavy atom. The van der Waals surface area contributed by atoms with Crippen molar-refractivity contribution in [2.75, 3.05) is 19.6 Å². The molecule has 1 fully saturated rings. The van der Waals surface area contributed by atoms with Gasteiger partial charge in [-0.3, -0.25) is 4.79 Å². The van der Waals surface area contributed by atoms with E-state index < -0.39 is 0 Å². The molecule has 0 spiro atoms. The quantitative estimate of drug-likeness (QED) is 0.650. The van der Waals surface area contributed by atoms with Gasteiger partial charge in [-0.2, -0.15) is 0 Å². The maximum Gasteiger partial charge on any atom is 0.249 e. The molecule has 0 saturated carbocycles. The SMILES string of the molecule is C=CCNC(=O)C(C)O[C@H]1CCCNC1. The van der Waals surface area contributed by atoms with Crippen LogP contribution in [0.3, 0.4) is 0 Å². The molecule has 1 unspecified atom stereocenters. The van der Waals surface area contributed by atoms with Gasteiger partial charge in [-0.25, -0.2) is 0 Å². The van der Waals surface area contributed by atoms with Crippen molar-refractivity contribution in [1.29, 1.82) is 0 Å². The van der Waals surface area contributed by atoms with E-state index in [1.54, 1.807) is 13.0 Å². The molecule has 1 heterocycles. The van der Waals surface area contributed by atoms with E-state index in [4.69, 9.17) is 4.74 Å². The molecule has 15 heavy (non-hydrogen) atoms. The van der Waals surface area contributed by atoms with Crippen molar-refractivity contribution >= 4 is 5.91 Å². The number of carbonyl (C=O) groups is 1. The Morgan fingerprint density at radius 3 is 3.20 bits per heavy atom. The molecule has 1 rings (SSSR count). The van der Waals surface area contributed by atoms with Crippen LogP contribution >= 0.6 is 0 Å². The standard InChI is InChI=1S/C11H20N2O2/c1-3-6-13-11(14)9(2)15-10-5-4-7-12-8-10/h3,9-10,12H,1,4-8H2,2H3,(H,13,14)/t9?,10-/m0/s1. The summed E-state index contributed by atoms with van der Waals surface area (Å²) in [5.74, 6) is -0.0690. The van der Waals surface area contributed by atoms with Gasteiger partial charge >= 0.3 is 0 Å². The lowest BCUT2D eigenvalue weighted by Crippen LogP contribution is -2.42. The van der Waals surface area contributed by atoms with Gasteiger partial charge in [0.1, 0.15) is 6.10 Å². The second-order valence-electron chi connectivity index (χ2n) is 3.78. The Kier molecular flexibility index (Phi) is 5.36. The zero-order chi connectivity index (χ0) is 11.1. The molecular weight excluding hydrogens is 192 g/mol. The highest BCUT2D eigenvalue weighted by Crippen LogP contribution is 2.08. The van der Waals surface area contributed by atoms with Crippen molar-refractivity contribution in [3.05, 3.63) is 12.7 Å². The van der Waals surface area contributed by atoms with Gasteiger partial charge in [0.25, 0.3) is 0 Å². The number of hydrogen-bond donors (Lipinski definition) is 2. The first-order valence-electron chi connectivity index (χ1n) is 5.49. The van der Waals surface area contributed by atoms with Gasteiger partial charge < -0.3 is 15.4 Å². The van der Waals surface area contributed by atoms with Crippen molar-refractivity contribution in [3.8, 4) is 0 Å². The molecule has 4 heteroatoms. The fourth-order valence-corrected chi connectivity index (χ4v) is 1.60. The first-order valence-corrected chi connectivity index (χ1v) is 5.49. The number of hydrogen-bond acceptors (Lipinski definition) is 3. The van der Waals surface area contributed by atoms with Crippen molar-refractivity contribution in [2.45, 2.75) is 32.0 Å². The molecule has 0 bridgehead atoms. The summed E-state index contributed by atoms with van der Waals surface area (Å²) in [7, 11) is 0. The highest BCUT2D eigenvalue weighted by molar-refractivity contribution is 5.80. The van der Waals surface area contributed by atoms with Gasteiger partial charge in [0, 0.05) is 13.1 Å². The first-order chi connectivity index (χ1) is 7.24. The molecule has 1 aliphatic heterocycles. The number of amides is 1. The summed E-state index contributed by atoms with van der Waals surface area (Å²) in [4.78, 5) is 11.5. The summed E-state index contributed by atoms with van der Waals surface area (Å²) >= 11 is 0. The molecule has 0 aromatic heterocycles. The average Bonchev–Trinajstić information content (AvgIpc) is 2.27. The molecule has 1 saturated heterocycles. The zero-order valence-corrected chi connectivity index (χ0v) is 9.29. The van der Waals surface area contributed by atoms with Gasteiger partial charge in [0.2, 0.25) is 5.91 Å². The molecule has 0 aromatic carbocycles. The number of rotatable bonds is 5. The average molecular weight is 212 g/mol. The molecular formula is C11H20N2O2. The van der Waals surface area contributed by atoms with Gasteiger partial charge in [-0.05, 0) is 26.3 Å². The van der Waals surface area contributed by atoms with E-state index >= 15 is 0 Å². The fraction of sp³-hybridized carbons (Fsp3) is 0.727. The summed E-state index contributed by atoms with van der Waals surface area (Å²) < 4.78 is 5.64. The van der Waals surface area contributed by atoms with Crippen LogP contribution in [0, 0.1) is 0 Å². The maximum absolute atomic E-state index is 11.5. The van der Waals surface area contributed by atoms with Crippen LogP contribution in [0.4, 0.5) is 0 Å². The van der Waals surface area contributed by atoms with Crippen molar-refractivity contribution in [2.24, 2.45) is 0 Å². The Bertz CT molecular complexity index is 213. The Morgan fingerprint density at radius 1 is 1.80 bits per heavy atom. The van der Waals surface area contributed by atoms with Crippen LogP contribution in [0.2, 0.25) is 0 Å². The van der Waals surface area contributed by atoms with Crippen LogP contribution in [0.25, 0.3) is 0 Å². The van der Waals surface area contributed by atoms with Crippen LogP contribution in [-0.2, 0) is 9.53 Å². The summed E-state index contributed by atoms with van der Waals surface area (Å²) in [5, 5.41) is 5.97. The number of piperidine rings is 1. The summed E-state index contributed by atoms with van der Waals surface area (Å²) in [6.07, 6.45) is 3.60. The number of nitrogens with one attached hydrogen (secondary N) is 2. The molecule has 86 valence electrons. The predicted molar refractivity (Wildman–Crippen MR) is 59.6 cm³/mol. The van der Waals surface area contributed by atoms with Gasteiger partial charge in [0.15, 0.2) is 0 Å². The summed E-state index contributed by atoms with van der Waals surface area (Å²) in [5.41, 5.74) is 0. The third-order valence-electron chi connectivity index (χ3n) is 2.44. The predicted octanol–water partition coefficient (Wildman–Crippen LogP) is 0.446. The van der Waals surface area contributed by atoms with Crippen LogP contribution < -0.4 is 10.6 Å². The zero-order valence-electron chi connectivity index (χ0n) is 9.29. The van der Waals surface area contributed by atoms with Crippen molar-refractivity contribution in [3.63, 3.8) is 0 Å². The van der Waals surface area contributed by atoms with E-state index in [0.717, 1.165) is 25.9 Å². The van der Waals surface area contributed by atoms with E-state index in [2.05, 4.69) is 17.2 Å². The summed E-state index contributed by atoms with van der Waals surface area (Å²) in [6, 6.07) is 0. The lowest BCUT2D eigenvalue weighted by atomic mass is 10.1. The Balaban J connectivity index is 2.23. The minimum absolute atomic E-state index is 0.0690. The van der Waals surface area contributed by atoms with Crippen LogP contribution in [0.1, 0.15) is 19.8 Å². The third-order valence-corrected chi connectivity index (χ3v) is 2.44. The smallest absolute Gasteiger partial charge is 0.249 e. The van der Waals surface area contributed by atoms with Gasteiger partial charge in [-0.15, -0.1) is 6.58 Å². The maximum atomic E-state index is 11.5. The number of ether oxygens (including phenoxy) is 1. The van der Waals surface area contributed by atoms with E-state index in [9.17, 15) is 4.79 Å². The van der Waals surface area contributed by atoms with Gasteiger partial charge in [0.05, 0.1) is 6.10 Å². The number of carbonyl (C=O) groups excluding carboxylic acids is 1. The highest BCUT2D eigenvalue weighted by atomic mass is 16.5. The Hall–Kier alpha value is -0.870. The molecule has 0 aromatic rings. The normalized spacial score (nSPS) is 23.1.